The second-order valence-electron chi connectivity index (χ2n) is 4.73. The Kier molecular flexibility index (Phi) is 3.17. The van der Waals surface area contributed by atoms with Crippen molar-refractivity contribution < 1.29 is 4.42 Å². The second kappa shape index (κ2) is 4.47. The molecule has 0 saturated heterocycles. The van der Waals surface area contributed by atoms with Gasteiger partial charge in [-0.15, -0.1) is 0 Å². The first-order valence-electron chi connectivity index (χ1n) is 5.78. The van der Waals surface area contributed by atoms with Crippen LogP contribution in [0.25, 0.3) is 11.1 Å². The number of nitrogens with zero attached hydrogens (tertiary/aromatic N) is 2. The Balaban J connectivity index is 2.46. The summed E-state index contributed by atoms with van der Waals surface area (Å²) in [5.41, 5.74) is 8.93. The van der Waals surface area contributed by atoms with E-state index in [1.165, 1.54) is 5.56 Å². The van der Waals surface area contributed by atoms with Crippen LogP contribution in [0.15, 0.2) is 22.6 Å². The molecule has 2 aromatic rings. The van der Waals surface area contributed by atoms with Crippen molar-refractivity contribution in [1.29, 1.82) is 0 Å². The van der Waals surface area contributed by atoms with Crippen molar-refractivity contribution in [2.24, 2.45) is 5.73 Å². The molecule has 0 bridgehead atoms. The summed E-state index contributed by atoms with van der Waals surface area (Å²) in [6, 6.07) is 6.33. The van der Waals surface area contributed by atoms with Gasteiger partial charge in [0, 0.05) is 19.0 Å². The monoisotopic (exact) mass is 233 g/mol. The van der Waals surface area contributed by atoms with Crippen LogP contribution < -0.4 is 5.73 Å². The highest BCUT2D eigenvalue weighted by atomic mass is 16.3. The van der Waals surface area contributed by atoms with Gasteiger partial charge in [0.15, 0.2) is 11.5 Å². The van der Waals surface area contributed by atoms with Gasteiger partial charge in [0.1, 0.15) is 5.52 Å². The molecule has 0 aliphatic rings. The molecule has 1 aromatic heterocycles. The van der Waals surface area contributed by atoms with Gasteiger partial charge in [0.05, 0.1) is 0 Å². The first-order valence-corrected chi connectivity index (χ1v) is 5.78. The van der Waals surface area contributed by atoms with Crippen molar-refractivity contribution in [3.63, 3.8) is 0 Å². The molecule has 0 aliphatic heterocycles. The standard InChI is InChI=1S/C13H19N3O/c1-8(14)13(16(3)4)10-5-6-12-11(7-10)15-9(2)17-12/h5-8,13H,14H2,1-4H3. The maximum Gasteiger partial charge on any atom is 0.192 e. The van der Waals surface area contributed by atoms with Crippen LogP contribution >= 0.6 is 0 Å². The summed E-state index contributed by atoms with van der Waals surface area (Å²) >= 11 is 0. The van der Waals surface area contributed by atoms with E-state index in [0.29, 0.717) is 5.89 Å². The number of aryl methyl sites for hydroxylation is 1. The Morgan fingerprint density at radius 3 is 2.65 bits per heavy atom. The molecule has 1 aromatic carbocycles. The summed E-state index contributed by atoms with van der Waals surface area (Å²) < 4.78 is 5.47. The van der Waals surface area contributed by atoms with Crippen LogP contribution in [0.3, 0.4) is 0 Å². The molecule has 0 saturated carbocycles. The predicted molar refractivity (Wildman–Crippen MR) is 68.8 cm³/mol. The van der Waals surface area contributed by atoms with Gasteiger partial charge in [-0.1, -0.05) is 6.07 Å². The van der Waals surface area contributed by atoms with E-state index in [9.17, 15) is 0 Å². The molecule has 1 heterocycles. The molecule has 0 radical (unpaired) electrons. The maximum atomic E-state index is 6.03. The number of fused-ring (bicyclic) bond motifs is 1. The van der Waals surface area contributed by atoms with E-state index < -0.39 is 0 Å². The zero-order valence-corrected chi connectivity index (χ0v) is 10.8. The normalized spacial score (nSPS) is 15.4. The third-order valence-corrected chi connectivity index (χ3v) is 2.91. The smallest absolute Gasteiger partial charge is 0.192 e. The quantitative estimate of drug-likeness (QED) is 0.882. The molecule has 0 amide bonds. The zero-order valence-electron chi connectivity index (χ0n) is 10.8. The third kappa shape index (κ3) is 2.33. The molecule has 4 nitrogen and oxygen atoms in total. The van der Waals surface area contributed by atoms with Crippen LogP contribution in [0.5, 0.6) is 0 Å². The molecular weight excluding hydrogens is 214 g/mol. The van der Waals surface area contributed by atoms with E-state index >= 15 is 0 Å². The van der Waals surface area contributed by atoms with Crippen LogP contribution in [0.2, 0.25) is 0 Å². The Morgan fingerprint density at radius 1 is 1.35 bits per heavy atom. The number of aromatic nitrogens is 1. The van der Waals surface area contributed by atoms with Crippen LogP contribution in [-0.4, -0.2) is 30.0 Å². The Labute approximate surface area is 101 Å². The Bertz CT molecular complexity index is 508. The van der Waals surface area contributed by atoms with E-state index in [2.05, 4.69) is 22.0 Å². The average molecular weight is 233 g/mol. The van der Waals surface area contributed by atoms with Crippen molar-refractivity contribution in [3.05, 3.63) is 29.7 Å². The Hall–Kier alpha value is -1.39. The molecule has 2 rings (SSSR count). The fourth-order valence-corrected chi connectivity index (χ4v) is 2.32. The van der Waals surface area contributed by atoms with E-state index in [0.717, 1.165) is 11.1 Å². The summed E-state index contributed by atoms with van der Waals surface area (Å²) in [5.74, 6) is 0.694. The lowest BCUT2D eigenvalue weighted by Gasteiger charge is -2.28. The minimum atomic E-state index is 0.0652. The van der Waals surface area contributed by atoms with Gasteiger partial charge < -0.3 is 15.1 Å². The lowest BCUT2D eigenvalue weighted by molar-refractivity contribution is 0.266. The van der Waals surface area contributed by atoms with Crippen LogP contribution in [-0.2, 0) is 0 Å². The molecular formula is C13H19N3O. The number of hydrogen-bond acceptors (Lipinski definition) is 4. The average Bonchev–Trinajstić information content (AvgIpc) is 2.56. The van der Waals surface area contributed by atoms with Gasteiger partial charge in [0.25, 0.3) is 0 Å². The number of benzene rings is 1. The lowest BCUT2D eigenvalue weighted by atomic mass is 10.00. The van der Waals surface area contributed by atoms with Gasteiger partial charge in [0.2, 0.25) is 0 Å². The fourth-order valence-electron chi connectivity index (χ4n) is 2.32. The Morgan fingerprint density at radius 2 is 2.06 bits per heavy atom. The van der Waals surface area contributed by atoms with Crippen LogP contribution in [0.4, 0.5) is 0 Å². The number of oxazole rings is 1. The summed E-state index contributed by atoms with van der Waals surface area (Å²) in [6.45, 7) is 3.87. The van der Waals surface area contributed by atoms with Gasteiger partial charge in [-0.05, 0) is 38.7 Å². The molecule has 0 aliphatic carbocycles. The van der Waals surface area contributed by atoms with Gasteiger partial charge in [-0.3, -0.25) is 0 Å². The topological polar surface area (TPSA) is 55.3 Å². The van der Waals surface area contributed by atoms with Gasteiger partial charge >= 0.3 is 0 Å². The van der Waals surface area contributed by atoms with E-state index in [4.69, 9.17) is 10.2 Å². The SMILES string of the molecule is Cc1nc2cc(C(C(C)N)N(C)C)ccc2o1. The second-order valence-corrected chi connectivity index (χ2v) is 4.73. The molecule has 2 atom stereocenters. The highest BCUT2D eigenvalue weighted by Gasteiger charge is 2.19. The molecule has 0 spiro atoms. The highest BCUT2D eigenvalue weighted by Crippen LogP contribution is 2.25. The summed E-state index contributed by atoms with van der Waals surface area (Å²) in [5, 5.41) is 0. The molecule has 92 valence electrons. The number of likely N-dealkylation sites (N-methyl/N-ethyl adjacent to an activating group) is 1. The van der Waals surface area contributed by atoms with E-state index in [1.54, 1.807) is 0 Å². The first kappa shape index (κ1) is 12.1. The largest absolute Gasteiger partial charge is 0.441 e. The minimum Gasteiger partial charge on any atom is -0.441 e. The molecule has 4 heteroatoms. The zero-order chi connectivity index (χ0) is 12.6. The predicted octanol–water partition coefficient (Wildman–Crippen LogP) is 2.09. The van der Waals surface area contributed by atoms with Gasteiger partial charge in [-0.2, -0.15) is 0 Å². The number of hydrogen-bond donors (Lipinski definition) is 1. The summed E-state index contributed by atoms with van der Waals surface area (Å²) in [6.07, 6.45) is 0. The van der Waals surface area contributed by atoms with Crippen LogP contribution in [0.1, 0.15) is 24.4 Å². The molecule has 0 fully saturated rings. The first-order chi connectivity index (χ1) is 7.99. The molecule has 17 heavy (non-hydrogen) atoms. The summed E-state index contributed by atoms with van der Waals surface area (Å²) in [7, 11) is 4.07. The van der Waals surface area contributed by atoms with Crippen LogP contribution in [0, 0.1) is 6.92 Å². The minimum absolute atomic E-state index is 0.0652. The number of nitrogens with two attached hydrogens (primary N) is 1. The van der Waals surface area contributed by atoms with Gasteiger partial charge in [-0.25, -0.2) is 4.98 Å². The fraction of sp³-hybridized carbons (Fsp3) is 0.462. The summed E-state index contributed by atoms with van der Waals surface area (Å²) in [4.78, 5) is 6.47. The third-order valence-electron chi connectivity index (χ3n) is 2.91. The highest BCUT2D eigenvalue weighted by molar-refractivity contribution is 5.73. The van der Waals surface area contributed by atoms with Crippen molar-refractivity contribution in [2.75, 3.05) is 14.1 Å². The van der Waals surface area contributed by atoms with Crippen molar-refractivity contribution in [3.8, 4) is 0 Å². The number of rotatable bonds is 3. The maximum absolute atomic E-state index is 6.03. The molecule has 2 N–H and O–H groups in total. The molecule has 2 unspecified atom stereocenters. The van der Waals surface area contributed by atoms with E-state index in [1.807, 2.05) is 34.0 Å². The van der Waals surface area contributed by atoms with Crippen molar-refractivity contribution in [2.45, 2.75) is 25.9 Å². The van der Waals surface area contributed by atoms with E-state index in [-0.39, 0.29) is 12.1 Å². The van der Waals surface area contributed by atoms with Crippen molar-refractivity contribution in [1.82, 2.24) is 9.88 Å². The van der Waals surface area contributed by atoms with Crippen molar-refractivity contribution >= 4 is 11.1 Å². The lowest BCUT2D eigenvalue weighted by Crippen LogP contribution is -2.34.